The Balaban J connectivity index is 4.56. The quantitative estimate of drug-likeness (QED) is 0.493. The molecule has 0 unspecified atom stereocenters. The second kappa shape index (κ2) is 7.32. The van der Waals surface area contributed by atoms with Crippen LogP contribution in [0.4, 0.5) is 0 Å². The normalized spacial score (nSPS) is 12.8. The minimum Gasteiger partial charge on any atom is -0.477 e. The van der Waals surface area contributed by atoms with Gasteiger partial charge in [-0.3, -0.25) is 9.59 Å². The van der Waals surface area contributed by atoms with Gasteiger partial charge in [0.25, 0.3) is 5.91 Å². The zero-order valence-electron chi connectivity index (χ0n) is 11.2. The summed E-state index contributed by atoms with van der Waals surface area (Å²) in [5, 5.41) is 13.1. The lowest BCUT2D eigenvalue weighted by atomic mass is 10.1. The summed E-state index contributed by atoms with van der Waals surface area (Å²) in [4.78, 5) is 33.8. The molecule has 0 heterocycles. The molecule has 0 aromatic heterocycles. The van der Waals surface area contributed by atoms with Gasteiger partial charge in [-0.25, -0.2) is 4.79 Å². The highest BCUT2D eigenvalue weighted by molar-refractivity contribution is 6.02. The summed E-state index contributed by atoms with van der Waals surface area (Å²) in [6.45, 7) is 8.34. The van der Waals surface area contributed by atoms with E-state index >= 15 is 0 Å². The van der Waals surface area contributed by atoms with E-state index in [-0.39, 0.29) is 17.3 Å². The maximum atomic E-state index is 11.6. The standard InChI is InChI=1S/C12H19N3O4/c1-5-8(12(18)19)15-10(16)7(4)14-11(17)9(13)6(2)3/h5-6,9H,4,13H2,1-3H3,(H,14,17)(H,15,16)(H,18,19)/b8-5+/t9-/m0/s1. The number of carboxylic acids is 1. The number of aliphatic carboxylic acids is 1. The number of nitrogens with two attached hydrogens (primary N) is 1. The summed E-state index contributed by atoms with van der Waals surface area (Å²) in [7, 11) is 0. The average Bonchev–Trinajstić information content (AvgIpc) is 2.33. The minimum absolute atomic E-state index is 0.0963. The highest BCUT2D eigenvalue weighted by Gasteiger charge is 2.20. The van der Waals surface area contributed by atoms with E-state index in [1.165, 1.54) is 13.0 Å². The number of hydrogen-bond acceptors (Lipinski definition) is 4. The zero-order chi connectivity index (χ0) is 15.2. The fourth-order valence-corrected chi connectivity index (χ4v) is 1.04. The van der Waals surface area contributed by atoms with Crippen molar-refractivity contribution >= 4 is 17.8 Å². The number of hydrogen-bond donors (Lipinski definition) is 4. The Hall–Kier alpha value is -2.15. The molecule has 0 radical (unpaired) electrons. The van der Waals surface area contributed by atoms with Crippen molar-refractivity contribution in [2.45, 2.75) is 26.8 Å². The minimum atomic E-state index is -1.28. The van der Waals surface area contributed by atoms with Gasteiger partial charge in [0.1, 0.15) is 5.70 Å². The van der Waals surface area contributed by atoms with Crippen LogP contribution in [0.3, 0.4) is 0 Å². The van der Waals surface area contributed by atoms with Gasteiger partial charge in [-0.15, -0.1) is 0 Å². The average molecular weight is 269 g/mol. The SMILES string of the molecule is C=C(NC(=O)[C@@H](N)C(C)C)C(=O)N/C(=C/C)C(=O)O. The third kappa shape index (κ3) is 5.35. The fraction of sp³-hybridized carbons (Fsp3) is 0.417. The molecular formula is C12H19N3O4. The molecule has 0 rings (SSSR count). The Morgan fingerprint density at radius 1 is 1.26 bits per heavy atom. The number of carbonyl (C=O) groups excluding carboxylic acids is 2. The van der Waals surface area contributed by atoms with Crippen molar-refractivity contribution in [2.75, 3.05) is 0 Å². The maximum absolute atomic E-state index is 11.6. The Morgan fingerprint density at radius 2 is 1.79 bits per heavy atom. The number of carbonyl (C=O) groups is 3. The van der Waals surface area contributed by atoms with Gasteiger partial charge in [0.05, 0.1) is 11.7 Å². The number of nitrogens with one attached hydrogen (secondary N) is 2. The fourth-order valence-electron chi connectivity index (χ4n) is 1.04. The second-order valence-electron chi connectivity index (χ2n) is 4.20. The summed E-state index contributed by atoms with van der Waals surface area (Å²) in [5.41, 5.74) is 5.03. The van der Waals surface area contributed by atoms with Gasteiger partial charge in [-0.05, 0) is 12.8 Å². The van der Waals surface area contributed by atoms with E-state index < -0.39 is 23.8 Å². The first-order chi connectivity index (χ1) is 8.70. The summed E-state index contributed by atoms with van der Waals surface area (Å²) in [6.07, 6.45) is 1.22. The number of carboxylic acid groups (broad SMARTS) is 1. The monoisotopic (exact) mass is 269 g/mol. The zero-order valence-corrected chi connectivity index (χ0v) is 11.2. The van der Waals surface area contributed by atoms with Crippen molar-refractivity contribution in [1.82, 2.24) is 10.6 Å². The molecular weight excluding hydrogens is 250 g/mol. The smallest absolute Gasteiger partial charge is 0.352 e. The molecule has 0 aliphatic heterocycles. The van der Waals surface area contributed by atoms with Crippen LogP contribution < -0.4 is 16.4 Å². The molecule has 7 heteroatoms. The lowest BCUT2D eigenvalue weighted by Crippen LogP contribution is -2.45. The molecule has 0 saturated heterocycles. The van der Waals surface area contributed by atoms with Crippen molar-refractivity contribution in [3.8, 4) is 0 Å². The second-order valence-corrected chi connectivity index (χ2v) is 4.20. The Bertz CT molecular complexity index is 427. The van der Waals surface area contributed by atoms with Crippen molar-refractivity contribution in [2.24, 2.45) is 11.7 Å². The summed E-state index contributed by atoms with van der Waals surface area (Å²) in [5.74, 6) is -2.73. The first-order valence-electron chi connectivity index (χ1n) is 5.67. The molecule has 0 bridgehead atoms. The molecule has 0 aliphatic carbocycles. The van der Waals surface area contributed by atoms with E-state index in [1.54, 1.807) is 13.8 Å². The van der Waals surface area contributed by atoms with Gasteiger partial charge in [0.2, 0.25) is 5.91 Å². The van der Waals surface area contributed by atoms with Gasteiger partial charge >= 0.3 is 5.97 Å². The molecule has 7 nitrogen and oxygen atoms in total. The molecule has 106 valence electrons. The Kier molecular flexibility index (Phi) is 6.49. The van der Waals surface area contributed by atoms with Crippen molar-refractivity contribution in [3.05, 3.63) is 24.0 Å². The molecule has 0 spiro atoms. The van der Waals surface area contributed by atoms with Crippen LogP contribution in [-0.2, 0) is 14.4 Å². The molecule has 0 fully saturated rings. The third-order valence-corrected chi connectivity index (χ3v) is 2.34. The molecule has 0 saturated carbocycles. The molecule has 0 aliphatic rings. The maximum Gasteiger partial charge on any atom is 0.352 e. The summed E-state index contributed by atoms with van der Waals surface area (Å²) < 4.78 is 0. The molecule has 2 amide bonds. The van der Waals surface area contributed by atoms with Crippen LogP contribution in [0.2, 0.25) is 0 Å². The highest BCUT2D eigenvalue weighted by Crippen LogP contribution is 1.99. The van der Waals surface area contributed by atoms with Crippen LogP contribution in [0.15, 0.2) is 24.0 Å². The lowest BCUT2D eigenvalue weighted by molar-refractivity contribution is -0.134. The van der Waals surface area contributed by atoms with E-state index in [2.05, 4.69) is 17.2 Å². The third-order valence-electron chi connectivity index (χ3n) is 2.34. The highest BCUT2D eigenvalue weighted by atomic mass is 16.4. The van der Waals surface area contributed by atoms with Crippen LogP contribution in [0, 0.1) is 5.92 Å². The van der Waals surface area contributed by atoms with E-state index in [1.807, 2.05) is 0 Å². The molecule has 1 atom stereocenters. The van der Waals surface area contributed by atoms with Crippen LogP contribution >= 0.6 is 0 Å². The summed E-state index contributed by atoms with van der Waals surface area (Å²) in [6, 6.07) is -0.773. The predicted molar refractivity (Wildman–Crippen MR) is 69.6 cm³/mol. The van der Waals surface area contributed by atoms with E-state index in [0.29, 0.717) is 0 Å². The largest absolute Gasteiger partial charge is 0.477 e. The van der Waals surface area contributed by atoms with Crippen molar-refractivity contribution < 1.29 is 19.5 Å². The van der Waals surface area contributed by atoms with Gasteiger partial charge in [0, 0.05) is 0 Å². The first kappa shape index (κ1) is 16.9. The van der Waals surface area contributed by atoms with Crippen molar-refractivity contribution in [1.29, 1.82) is 0 Å². The Morgan fingerprint density at radius 3 is 2.16 bits per heavy atom. The van der Waals surface area contributed by atoms with Crippen LogP contribution in [-0.4, -0.2) is 28.9 Å². The van der Waals surface area contributed by atoms with Gasteiger partial charge in [-0.1, -0.05) is 26.5 Å². The number of amides is 2. The van der Waals surface area contributed by atoms with Crippen LogP contribution in [0.5, 0.6) is 0 Å². The Labute approximate surface area is 111 Å². The van der Waals surface area contributed by atoms with E-state index in [9.17, 15) is 14.4 Å². The molecule has 19 heavy (non-hydrogen) atoms. The first-order valence-corrected chi connectivity index (χ1v) is 5.67. The summed E-state index contributed by atoms with van der Waals surface area (Å²) >= 11 is 0. The van der Waals surface area contributed by atoms with Gasteiger partial charge in [0.15, 0.2) is 0 Å². The lowest BCUT2D eigenvalue weighted by Gasteiger charge is -2.16. The number of rotatable bonds is 6. The predicted octanol–water partition coefficient (Wildman–Crippen LogP) is -0.296. The molecule has 0 aromatic rings. The molecule has 0 aromatic carbocycles. The van der Waals surface area contributed by atoms with E-state index in [4.69, 9.17) is 10.8 Å². The van der Waals surface area contributed by atoms with Crippen LogP contribution in [0.1, 0.15) is 20.8 Å². The molecule has 5 N–H and O–H groups in total. The van der Waals surface area contributed by atoms with E-state index in [0.717, 1.165) is 0 Å². The van der Waals surface area contributed by atoms with Gasteiger partial charge < -0.3 is 21.5 Å². The van der Waals surface area contributed by atoms with Gasteiger partial charge in [-0.2, -0.15) is 0 Å². The van der Waals surface area contributed by atoms with Crippen LogP contribution in [0.25, 0.3) is 0 Å². The van der Waals surface area contributed by atoms with Crippen molar-refractivity contribution in [3.63, 3.8) is 0 Å². The topological polar surface area (TPSA) is 122 Å². The number of allylic oxidation sites excluding steroid dienone is 1.